The summed E-state index contributed by atoms with van der Waals surface area (Å²) in [6.07, 6.45) is 0.725. The maximum atomic E-state index is 12.3. The molecule has 2 N–H and O–H groups in total. The first kappa shape index (κ1) is 18.3. The zero-order chi connectivity index (χ0) is 17.7. The molecule has 0 aliphatic rings. The highest BCUT2D eigenvalue weighted by atomic mass is 35.5. The number of methoxy groups -OCH3 is 1. The summed E-state index contributed by atoms with van der Waals surface area (Å²) in [6, 6.07) is 8.52. The van der Waals surface area contributed by atoms with Crippen LogP contribution in [0.15, 0.2) is 30.3 Å². The molecule has 0 aliphatic carbocycles. The van der Waals surface area contributed by atoms with Crippen molar-refractivity contribution in [2.75, 3.05) is 12.4 Å². The van der Waals surface area contributed by atoms with Gasteiger partial charge < -0.3 is 10.1 Å². The van der Waals surface area contributed by atoms with Crippen LogP contribution in [0.5, 0.6) is 0 Å². The van der Waals surface area contributed by atoms with E-state index in [2.05, 4.69) is 10.6 Å². The molecule has 24 heavy (non-hydrogen) atoms. The maximum absolute atomic E-state index is 12.3. The number of esters is 1. The summed E-state index contributed by atoms with van der Waals surface area (Å²) >= 11 is 7.22. The van der Waals surface area contributed by atoms with E-state index < -0.39 is 5.97 Å². The number of urea groups is 1. The van der Waals surface area contributed by atoms with Gasteiger partial charge in [0.05, 0.1) is 18.7 Å². The normalized spacial score (nSPS) is 11.7. The fourth-order valence-electron chi connectivity index (χ4n) is 2.28. The number of rotatable bonds is 5. The molecule has 0 unspecified atom stereocenters. The van der Waals surface area contributed by atoms with E-state index in [0.717, 1.165) is 16.9 Å². The van der Waals surface area contributed by atoms with Gasteiger partial charge in [0, 0.05) is 9.90 Å². The molecule has 1 atom stereocenters. The summed E-state index contributed by atoms with van der Waals surface area (Å²) in [5.74, 6) is -0.473. The lowest BCUT2D eigenvalue weighted by atomic mass is 10.1. The van der Waals surface area contributed by atoms with Crippen LogP contribution in [0.2, 0.25) is 5.02 Å². The van der Waals surface area contributed by atoms with Crippen molar-refractivity contribution in [1.29, 1.82) is 0 Å². The number of hydrogen-bond donors (Lipinski definition) is 2. The molecular formula is C17H19ClN2O3S. The molecule has 0 aliphatic heterocycles. The van der Waals surface area contributed by atoms with E-state index in [1.165, 1.54) is 18.4 Å². The lowest BCUT2D eigenvalue weighted by molar-refractivity contribution is 0.0602. The highest BCUT2D eigenvalue weighted by molar-refractivity contribution is 7.16. The quantitative estimate of drug-likeness (QED) is 0.749. The molecule has 2 aromatic rings. The number of hydrogen-bond acceptors (Lipinski definition) is 4. The van der Waals surface area contributed by atoms with E-state index >= 15 is 0 Å². The van der Waals surface area contributed by atoms with Crippen LogP contribution < -0.4 is 10.6 Å². The van der Waals surface area contributed by atoms with E-state index in [0.29, 0.717) is 15.6 Å². The van der Waals surface area contributed by atoms with Crippen LogP contribution in [0.3, 0.4) is 0 Å². The fourth-order valence-corrected chi connectivity index (χ4v) is 3.30. The van der Waals surface area contributed by atoms with Crippen molar-refractivity contribution in [2.24, 2.45) is 0 Å². The molecule has 1 aromatic carbocycles. The standard InChI is InChI=1S/C17H19ClN2O3S/c1-4-14(11-5-7-12(18)8-6-11)19-17(22)20-15-13(16(21)23-3)9-10(2)24-15/h5-9,14H,4H2,1-3H3,(H2,19,20,22)/t14-/m0/s1. The van der Waals surface area contributed by atoms with Gasteiger partial charge in [-0.1, -0.05) is 30.7 Å². The Hall–Kier alpha value is -2.05. The number of halogens is 1. The molecule has 7 heteroatoms. The van der Waals surface area contributed by atoms with Crippen LogP contribution in [0, 0.1) is 6.92 Å². The smallest absolute Gasteiger partial charge is 0.340 e. The van der Waals surface area contributed by atoms with Crippen molar-refractivity contribution < 1.29 is 14.3 Å². The molecule has 5 nitrogen and oxygen atoms in total. The van der Waals surface area contributed by atoms with Crippen LogP contribution in [0.4, 0.5) is 9.80 Å². The SMILES string of the molecule is CC[C@H](NC(=O)Nc1sc(C)cc1C(=O)OC)c1ccc(Cl)cc1. The van der Waals surface area contributed by atoms with Crippen molar-refractivity contribution in [3.63, 3.8) is 0 Å². The van der Waals surface area contributed by atoms with Gasteiger partial charge in [0.2, 0.25) is 0 Å². The van der Waals surface area contributed by atoms with Crippen LogP contribution >= 0.6 is 22.9 Å². The third-order valence-electron chi connectivity index (χ3n) is 3.47. The average Bonchev–Trinajstić information content (AvgIpc) is 2.93. The monoisotopic (exact) mass is 366 g/mol. The van der Waals surface area contributed by atoms with Gasteiger partial charge in [-0.05, 0) is 37.1 Å². The first-order valence-corrected chi connectivity index (χ1v) is 8.65. The van der Waals surface area contributed by atoms with Gasteiger partial charge in [-0.25, -0.2) is 9.59 Å². The molecule has 0 radical (unpaired) electrons. The molecule has 0 saturated heterocycles. The molecule has 1 aromatic heterocycles. The van der Waals surface area contributed by atoms with Crippen molar-refractivity contribution in [1.82, 2.24) is 5.32 Å². The maximum Gasteiger partial charge on any atom is 0.340 e. The zero-order valence-electron chi connectivity index (χ0n) is 13.7. The summed E-state index contributed by atoms with van der Waals surface area (Å²) < 4.78 is 4.74. The first-order chi connectivity index (χ1) is 11.4. The summed E-state index contributed by atoms with van der Waals surface area (Å²) in [6.45, 7) is 3.84. The Morgan fingerprint density at radius 2 is 1.96 bits per heavy atom. The van der Waals surface area contributed by atoms with Crippen LogP contribution in [-0.2, 0) is 4.74 Å². The Morgan fingerprint density at radius 3 is 2.54 bits per heavy atom. The summed E-state index contributed by atoms with van der Waals surface area (Å²) in [4.78, 5) is 25.0. The molecule has 0 spiro atoms. The Labute approximate surface area is 150 Å². The van der Waals surface area contributed by atoms with E-state index in [9.17, 15) is 9.59 Å². The lowest BCUT2D eigenvalue weighted by Gasteiger charge is -2.18. The molecule has 0 fully saturated rings. The van der Waals surface area contributed by atoms with E-state index in [4.69, 9.17) is 16.3 Å². The number of nitrogens with one attached hydrogen (secondary N) is 2. The summed E-state index contributed by atoms with van der Waals surface area (Å²) in [7, 11) is 1.31. The van der Waals surface area contributed by atoms with E-state index in [1.54, 1.807) is 18.2 Å². The number of carbonyl (C=O) groups is 2. The Balaban J connectivity index is 2.09. The molecule has 1 heterocycles. The predicted octanol–water partition coefficient (Wildman–Crippen LogP) is 4.77. The highest BCUT2D eigenvalue weighted by Gasteiger charge is 2.19. The van der Waals surface area contributed by atoms with Gasteiger partial charge in [0.15, 0.2) is 0 Å². The predicted molar refractivity (Wildman–Crippen MR) is 97.0 cm³/mol. The minimum atomic E-state index is -0.473. The van der Waals surface area contributed by atoms with E-state index in [1.807, 2.05) is 26.0 Å². The number of benzene rings is 1. The second-order valence-electron chi connectivity index (χ2n) is 5.20. The Kier molecular flexibility index (Phi) is 6.23. The zero-order valence-corrected chi connectivity index (χ0v) is 15.3. The van der Waals surface area contributed by atoms with Gasteiger partial charge in [0.25, 0.3) is 0 Å². The Morgan fingerprint density at radius 1 is 1.29 bits per heavy atom. The van der Waals surface area contributed by atoms with Crippen molar-refractivity contribution in [2.45, 2.75) is 26.3 Å². The number of aryl methyl sites for hydroxylation is 1. The molecule has 2 rings (SSSR count). The molecule has 0 saturated carbocycles. The molecule has 2 amide bonds. The molecule has 128 valence electrons. The van der Waals surface area contributed by atoms with Crippen LogP contribution in [-0.4, -0.2) is 19.1 Å². The second kappa shape index (κ2) is 8.17. The summed E-state index contributed by atoms with van der Waals surface area (Å²) in [5, 5.41) is 6.76. The number of ether oxygens (including phenoxy) is 1. The van der Waals surface area contributed by atoms with Gasteiger partial charge in [-0.2, -0.15) is 0 Å². The van der Waals surface area contributed by atoms with Gasteiger partial charge in [-0.15, -0.1) is 11.3 Å². The topological polar surface area (TPSA) is 67.4 Å². The van der Waals surface area contributed by atoms with Crippen LogP contribution in [0.25, 0.3) is 0 Å². The Bertz CT molecular complexity index is 728. The van der Waals surface area contributed by atoms with Crippen LogP contribution in [0.1, 0.15) is 40.2 Å². The third kappa shape index (κ3) is 4.49. The fraction of sp³-hybridized carbons (Fsp3) is 0.294. The van der Waals surface area contributed by atoms with Gasteiger partial charge in [0.1, 0.15) is 5.00 Å². The number of thiophene rings is 1. The molecular weight excluding hydrogens is 348 g/mol. The number of amides is 2. The van der Waals surface area contributed by atoms with Crippen molar-refractivity contribution in [3.05, 3.63) is 51.4 Å². The first-order valence-electron chi connectivity index (χ1n) is 7.46. The second-order valence-corrected chi connectivity index (χ2v) is 6.90. The largest absolute Gasteiger partial charge is 0.465 e. The lowest BCUT2D eigenvalue weighted by Crippen LogP contribution is -2.32. The highest BCUT2D eigenvalue weighted by Crippen LogP contribution is 2.28. The average molecular weight is 367 g/mol. The number of carbonyl (C=O) groups excluding carboxylic acids is 2. The van der Waals surface area contributed by atoms with Crippen molar-refractivity contribution >= 4 is 39.9 Å². The molecule has 0 bridgehead atoms. The summed E-state index contributed by atoms with van der Waals surface area (Å²) in [5.41, 5.74) is 1.32. The number of anilines is 1. The van der Waals surface area contributed by atoms with E-state index in [-0.39, 0.29) is 12.1 Å². The van der Waals surface area contributed by atoms with Gasteiger partial charge >= 0.3 is 12.0 Å². The van der Waals surface area contributed by atoms with Gasteiger partial charge in [-0.3, -0.25) is 5.32 Å². The minimum Gasteiger partial charge on any atom is -0.465 e. The van der Waals surface area contributed by atoms with Crippen molar-refractivity contribution in [3.8, 4) is 0 Å². The third-order valence-corrected chi connectivity index (χ3v) is 4.69. The minimum absolute atomic E-state index is 0.148.